The molecule has 0 radical (unpaired) electrons. The van der Waals surface area contributed by atoms with E-state index in [0.717, 1.165) is 40.2 Å². The molecule has 21 heavy (non-hydrogen) atoms. The van der Waals surface area contributed by atoms with Crippen LogP contribution in [-0.2, 0) is 18.4 Å². The second-order valence-corrected chi connectivity index (χ2v) is 5.58. The molecule has 0 bridgehead atoms. The third-order valence-electron chi connectivity index (χ3n) is 3.22. The minimum absolute atomic E-state index is 0.427. The fourth-order valence-electron chi connectivity index (χ4n) is 1.93. The molecule has 1 N–H and O–H groups in total. The number of aryl methyl sites for hydroxylation is 1. The molecule has 0 aromatic carbocycles. The number of nitrogens with zero attached hydrogens (tertiary/aromatic N) is 4. The van der Waals surface area contributed by atoms with E-state index in [1.54, 1.807) is 13.3 Å². The van der Waals surface area contributed by atoms with Gasteiger partial charge in [-0.2, -0.15) is 5.10 Å². The van der Waals surface area contributed by atoms with Gasteiger partial charge in [-0.15, -0.1) is 0 Å². The average Bonchev–Trinajstić information content (AvgIpc) is 2.80. The van der Waals surface area contributed by atoms with Gasteiger partial charge >= 0.3 is 0 Å². The molecule has 0 amide bonds. The number of hydrogen-bond donors (Lipinski definition) is 1. The van der Waals surface area contributed by atoms with Crippen LogP contribution in [0, 0.1) is 6.92 Å². The van der Waals surface area contributed by atoms with Gasteiger partial charge in [0.25, 0.3) is 0 Å². The zero-order valence-electron chi connectivity index (χ0n) is 12.8. The van der Waals surface area contributed by atoms with E-state index in [9.17, 15) is 0 Å². The summed E-state index contributed by atoms with van der Waals surface area (Å²) in [7, 11) is 3.56. The van der Waals surface area contributed by atoms with Crippen molar-refractivity contribution in [3.63, 3.8) is 0 Å². The summed E-state index contributed by atoms with van der Waals surface area (Å²) in [6.07, 6.45) is 2.82. The van der Waals surface area contributed by atoms with E-state index in [4.69, 9.17) is 4.74 Å². The highest BCUT2D eigenvalue weighted by Crippen LogP contribution is 2.28. The van der Waals surface area contributed by atoms with Gasteiger partial charge in [0.1, 0.15) is 5.82 Å². The minimum atomic E-state index is 0.427. The summed E-state index contributed by atoms with van der Waals surface area (Å²) >= 11 is 3.55. The topological polar surface area (TPSA) is 64.9 Å². The predicted octanol–water partition coefficient (Wildman–Crippen LogP) is 2.92. The zero-order chi connectivity index (χ0) is 15.4. The molecule has 0 fully saturated rings. The Bertz CT molecular complexity index is 626. The Morgan fingerprint density at radius 3 is 2.71 bits per heavy atom. The van der Waals surface area contributed by atoms with E-state index in [2.05, 4.69) is 43.2 Å². The lowest BCUT2D eigenvalue weighted by molar-refractivity contribution is 0.181. The third kappa shape index (κ3) is 3.41. The van der Waals surface area contributed by atoms with Gasteiger partial charge in [0.2, 0.25) is 0 Å². The lowest BCUT2D eigenvalue weighted by Gasteiger charge is -2.12. The predicted molar refractivity (Wildman–Crippen MR) is 86.2 cm³/mol. The molecule has 0 saturated heterocycles. The van der Waals surface area contributed by atoms with Crippen LogP contribution in [-0.4, -0.2) is 33.4 Å². The number of methoxy groups -OCH3 is 1. The highest BCUT2D eigenvalue weighted by molar-refractivity contribution is 9.10. The highest BCUT2D eigenvalue weighted by Gasteiger charge is 2.16. The number of halogens is 1. The summed E-state index contributed by atoms with van der Waals surface area (Å²) in [6, 6.07) is 0. The third-order valence-corrected chi connectivity index (χ3v) is 4.05. The normalized spacial score (nSPS) is 10.9. The molecule has 0 aliphatic heterocycles. The number of nitrogens with one attached hydrogen (secondary N) is 1. The minimum Gasteiger partial charge on any atom is -0.378 e. The lowest BCUT2D eigenvalue weighted by atomic mass is 10.2. The first-order valence-corrected chi connectivity index (χ1v) is 7.66. The van der Waals surface area contributed by atoms with Gasteiger partial charge in [-0.3, -0.25) is 4.68 Å². The molecular weight excluding hydrogens is 334 g/mol. The van der Waals surface area contributed by atoms with Gasteiger partial charge in [0, 0.05) is 26.4 Å². The van der Waals surface area contributed by atoms with Crippen LogP contribution in [0.25, 0.3) is 11.4 Å². The Morgan fingerprint density at radius 1 is 1.38 bits per heavy atom. The first kappa shape index (κ1) is 15.9. The highest BCUT2D eigenvalue weighted by atomic mass is 79.9. The second-order valence-electron chi connectivity index (χ2n) is 4.78. The van der Waals surface area contributed by atoms with Gasteiger partial charge in [-0.1, -0.05) is 6.92 Å². The number of aromatic nitrogens is 4. The molecule has 2 rings (SSSR count). The molecule has 2 aromatic rings. The van der Waals surface area contributed by atoms with Gasteiger partial charge in [-0.05, 0) is 29.3 Å². The Hall–Kier alpha value is -1.47. The quantitative estimate of drug-likeness (QED) is 0.864. The molecule has 0 saturated carbocycles. The Labute approximate surface area is 133 Å². The molecule has 6 nitrogen and oxygen atoms in total. The van der Waals surface area contributed by atoms with Crippen LogP contribution in [0.1, 0.15) is 24.7 Å². The fourth-order valence-corrected chi connectivity index (χ4v) is 2.36. The van der Waals surface area contributed by atoms with Crippen molar-refractivity contribution in [2.24, 2.45) is 7.05 Å². The van der Waals surface area contributed by atoms with Gasteiger partial charge < -0.3 is 10.1 Å². The summed E-state index contributed by atoms with van der Waals surface area (Å²) in [5.74, 6) is 1.45. The van der Waals surface area contributed by atoms with Gasteiger partial charge in [0.05, 0.1) is 28.5 Å². The molecule has 2 heterocycles. The second kappa shape index (κ2) is 7.00. The van der Waals surface area contributed by atoms with Crippen LogP contribution < -0.4 is 5.32 Å². The lowest BCUT2D eigenvalue weighted by Crippen LogP contribution is -2.08. The van der Waals surface area contributed by atoms with E-state index < -0.39 is 0 Å². The SMILES string of the molecule is CCCNc1nc(-c2cnn(C)c2C)nc(COC)c1Br. The standard InChI is InChI=1S/C14H20BrN5O/c1-5-6-16-14-12(15)11(8-21-4)18-13(19-14)10-7-17-20(3)9(10)2/h7H,5-6,8H2,1-4H3,(H,16,18,19). The van der Waals surface area contributed by atoms with Gasteiger partial charge in [0.15, 0.2) is 5.82 Å². The Morgan fingerprint density at radius 2 is 2.14 bits per heavy atom. The molecule has 0 spiro atoms. The maximum atomic E-state index is 5.23. The molecule has 0 atom stereocenters. The van der Waals surface area contributed by atoms with Crippen LogP contribution in [0.5, 0.6) is 0 Å². The summed E-state index contributed by atoms with van der Waals surface area (Å²) in [5, 5.41) is 7.57. The van der Waals surface area contributed by atoms with Gasteiger partial charge in [-0.25, -0.2) is 9.97 Å². The maximum Gasteiger partial charge on any atom is 0.165 e. The molecule has 0 unspecified atom stereocenters. The first-order chi connectivity index (χ1) is 10.1. The van der Waals surface area contributed by atoms with E-state index in [1.807, 2.05) is 18.7 Å². The molecule has 0 aliphatic rings. The summed E-state index contributed by atoms with van der Waals surface area (Å²) in [4.78, 5) is 9.22. The molecule has 0 aliphatic carbocycles. The maximum absolute atomic E-state index is 5.23. The van der Waals surface area contributed by atoms with Crippen molar-refractivity contribution in [2.45, 2.75) is 26.9 Å². The van der Waals surface area contributed by atoms with Crippen molar-refractivity contribution < 1.29 is 4.74 Å². The first-order valence-electron chi connectivity index (χ1n) is 6.86. The summed E-state index contributed by atoms with van der Waals surface area (Å²) in [5.41, 5.74) is 2.79. The van der Waals surface area contributed by atoms with E-state index in [1.165, 1.54) is 0 Å². The number of ether oxygens (including phenoxy) is 1. The zero-order valence-corrected chi connectivity index (χ0v) is 14.4. The summed E-state index contributed by atoms with van der Waals surface area (Å²) in [6.45, 7) is 5.40. The van der Waals surface area contributed by atoms with E-state index >= 15 is 0 Å². The van der Waals surface area contributed by atoms with Crippen LogP contribution >= 0.6 is 15.9 Å². The largest absolute Gasteiger partial charge is 0.378 e. The number of anilines is 1. The van der Waals surface area contributed by atoms with Crippen LogP contribution in [0.4, 0.5) is 5.82 Å². The monoisotopic (exact) mass is 353 g/mol. The molecular formula is C14H20BrN5O. The van der Waals surface area contributed by atoms with Crippen molar-refractivity contribution >= 4 is 21.7 Å². The van der Waals surface area contributed by atoms with Crippen LogP contribution in [0.3, 0.4) is 0 Å². The number of hydrogen-bond acceptors (Lipinski definition) is 5. The van der Waals surface area contributed by atoms with E-state index in [0.29, 0.717) is 12.4 Å². The van der Waals surface area contributed by atoms with Crippen LogP contribution in [0.15, 0.2) is 10.7 Å². The van der Waals surface area contributed by atoms with Crippen molar-refractivity contribution in [3.05, 3.63) is 22.1 Å². The number of rotatable bonds is 6. The van der Waals surface area contributed by atoms with Crippen molar-refractivity contribution in [1.29, 1.82) is 0 Å². The Balaban J connectivity index is 2.50. The fraction of sp³-hybridized carbons (Fsp3) is 0.500. The van der Waals surface area contributed by atoms with Crippen molar-refractivity contribution in [3.8, 4) is 11.4 Å². The summed E-state index contributed by atoms with van der Waals surface area (Å²) < 4.78 is 7.89. The van der Waals surface area contributed by atoms with E-state index in [-0.39, 0.29) is 0 Å². The van der Waals surface area contributed by atoms with Crippen molar-refractivity contribution in [1.82, 2.24) is 19.7 Å². The smallest absolute Gasteiger partial charge is 0.165 e. The molecule has 7 heteroatoms. The average molecular weight is 354 g/mol. The Kier molecular flexibility index (Phi) is 5.30. The molecule has 2 aromatic heterocycles. The van der Waals surface area contributed by atoms with Crippen molar-refractivity contribution in [2.75, 3.05) is 19.0 Å². The van der Waals surface area contributed by atoms with Crippen LogP contribution in [0.2, 0.25) is 0 Å². The molecule has 114 valence electrons.